The first-order chi connectivity index (χ1) is 15.5. The number of allylic oxidation sites excluding steroid dienone is 1. The van der Waals surface area contributed by atoms with E-state index in [0.717, 1.165) is 31.2 Å². The molecule has 1 N–H and O–H groups in total. The van der Waals surface area contributed by atoms with Crippen molar-refractivity contribution in [3.63, 3.8) is 0 Å². The summed E-state index contributed by atoms with van der Waals surface area (Å²) in [6, 6.07) is 7.35. The van der Waals surface area contributed by atoms with Gasteiger partial charge in [0.1, 0.15) is 5.75 Å². The molecule has 182 valence electrons. The molecule has 0 saturated carbocycles. The first-order valence-electron chi connectivity index (χ1n) is 12.7. The summed E-state index contributed by atoms with van der Waals surface area (Å²) in [6.45, 7) is 4.40. The Morgan fingerprint density at radius 2 is 1.41 bits per heavy atom. The standard InChI is InChI=1S/C27H45O4P/c1-3-5-7-9-10-11-12-13-14-16-23-32(29,30)24-22-27(28)31-26-20-18-25(19-21-26)17-15-8-6-4-2/h15,17-21H,3-14,16,22-24H2,1-2H3,(H,29,30). The van der Waals surface area contributed by atoms with Gasteiger partial charge in [0, 0.05) is 12.3 Å². The average Bonchev–Trinajstić information content (AvgIpc) is 2.78. The number of rotatable bonds is 19. The highest BCUT2D eigenvalue weighted by Crippen LogP contribution is 2.42. The third-order valence-electron chi connectivity index (χ3n) is 5.67. The van der Waals surface area contributed by atoms with E-state index in [1.807, 2.05) is 12.1 Å². The zero-order valence-corrected chi connectivity index (χ0v) is 21.3. The fourth-order valence-electron chi connectivity index (χ4n) is 3.59. The zero-order valence-electron chi connectivity index (χ0n) is 20.4. The number of carbonyl (C=O) groups is 1. The van der Waals surface area contributed by atoms with Gasteiger partial charge in [-0.15, -0.1) is 0 Å². The van der Waals surface area contributed by atoms with Crippen LogP contribution in [0.15, 0.2) is 30.3 Å². The molecule has 0 saturated heterocycles. The zero-order chi connectivity index (χ0) is 23.5. The lowest BCUT2D eigenvalue weighted by Crippen LogP contribution is -2.10. The van der Waals surface area contributed by atoms with Crippen LogP contribution in [0, 0.1) is 0 Å². The molecule has 32 heavy (non-hydrogen) atoms. The highest BCUT2D eigenvalue weighted by Gasteiger charge is 2.20. The van der Waals surface area contributed by atoms with E-state index in [0.29, 0.717) is 11.9 Å². The number of unbranched alkanes of at least 4 members (excludes halogenated alkanes) is 11. The molecule has 5 heteroatoms. The second-order valence-corrected chi connectivity index (χ2v) is 11.4. The molecular formula is C27H45O4P. The molecule has 0 amide bonds. The number of esters is 1. The minimum absolute atomic E-state index is 0.00150. The Kier molecular flexibility index (Phi) is 16.2. The maximum absolute atomic E-state index is 12.3. The van der Waals surface area contributed by atoms with Crippen molar-refractivity contribution >= 4 is 19.4 Å². The van der Waals surface area contributed by atoms with Crippen molar-refractivity contribution in [2.45, 2.75) is 104 Å². The number of hydrogen-bond donors (Lipinski definition) is 1. The van der Waals surface area contributed by atoms with Crippen molar-refractivity contribution < 1.29 is 19.0 Å². The van der Waals surface area contributed by atoms with Crippen molar-refractivity contribution in [2.75, 3.05) is 12.3 Å². The maximum atomic E-state index is 12.3. The normalized spacial score (nSPS) is 13.3. The van der Waals surface area contributed by atoms with Gasteiger partial charge in [0.05, 0.1) is 6.42 Å². The van der Waals surface area contributed by atoms with E-state index >= 15 is 0 Å². The molecule has 0 radical (unpaired) electrons. The third-order valence-corrected chi connectivity index (χ3v) is 7.61. The van der Waals surface area contributed by atoms with E-state index in [-0.39, 0.29) is 12.6 Å². The van der Waals surface area contributed by atoms with Crippen LogP contribution in [0.25, 0.3) is 6.08 Å². The van der Waals surface area contributed by atoms with Gasteiger partial charge in [0.15, 0.2) is 0 Å². The summed E-state index contributed by atoms with van der Waals surface area (Å²) in [5.41, 5.74) is 1.07. The van der Waals surface area contributed by atoms with Gasteiger partial charge in [0.2, 0.25) is 7.37 Å². The largest absolute Gasteiger partial charge is 0.427 e. The van der Waals surface area contributed by atoms with Crippen LogP contribution in [-0.4, -0.2) is 23.2 Å². The first-order valence-corrected chi connectivity index (χ1v) is 14.8. The van der Waals surface area contributed by atoms with Gasteiger partial charge < -0.3 is 9.63 Å². The van der Waals surface area contributed by atoms with Crippen LogP contribution in [0.1, 0.15) is 109 Å². The van der Waals surface area contributed by atoms with Crippen molar-refractivity contribution in [2.24, 2.45) is 0 Å². The van der Waals surface area contributed by atoms with Crippen LogP contribution in [0.2, 0.25) is 0 Å². The quantitative estimate of drug-likeness (QED) is 0.0966. The minimum atomic E-state index is -3.26. The Morgan fingerprint density at radius 1 is 0.844 bits per heavy atom. The molecule has 0 fully saturated rings. The number of hydrogen-bond acceptors (Lipinski definition) is 3. The molecule has 1 atom stereocenters. The fourth-order valence-corrected chi connectivity index (χ4v) is 5.07. The molecule has 0 heterocycles. The lowest BCUT2D eigenvalue weighted by molar-refractivity contribution is -0.133. The van der Waals surface area contributed by atoms with Crippen molar-refractivity contribution in [1.29, 1.82) is 0 Å². The van der Waals surface area contributed by atoms with Crippen LogP contribution >= 0.6 is 7.37 Å². The van der Waals surface area contributed by atoms with E-state index in [4.69, 9.17) is 4.74 Å². The molecule has 1 unspecified atom stereocenters. The molecule has 1 aromatic rings. The molecule has 0 spiro atoms. The minimum Gasteiger partial charge on any atom is -0.427 e. The number of ether oxygens (including phenoxy) is 1. The highest BCUT2D eigenvalue weighted by atomic mass is 31.2. The lowest BCUT2D eigenvalue weighted by Gasteiger charge is -2.11. The first kappa shape index (κ1) is 28.7. The molecule has 0 aliphatic rings. The molecule has 1 rings (SSSR count). The summed E-state index contributed by atoms with van der Waals surface area (Å²) in [4.78, 5) is 22.2. The smallest absolute Gasteiger partial charge is 0.311 e. The summed E-state index contributed by atoms with van der Waals surface area (Å²) in [5, 5.41) is 0. The molecular weight excluding hydrogens is 419 g/mol. The van der Waals surface area contributed by atoms with E-state index < -0.39 is 13.3 Å². The summed E-state index contributed by atoms with van der Waals surface area (Å²) < 4.78 is 17.7. The summed E-state index contributed by atoms with van der Waals surface area (Å²) in [6.07, 6.45) is 19.9. The van der Waals surface area contributed by atoms with Gasteiger partial charge in [-0.1, -0.05) is 109 Å². The second kappa shape index (κ2) is 18.1. The van der Waals surface area contributed by atoms with E-state index in [2.05, 4.69) is 26.0 Å². The summed E-state index contributed by atoms with van der Waals surface area (Å²) in [5.74, 6) is 0.0248. The van der Waals surface area contributed by atoms with Crippen LogP contribution in [0.4, 0.5) is 0 Å². The Balaban J connectivity index is 2.16. The van der Waals surface area contributed by atoms with Gasteiger partial charge in [-0.2, -0.15) is 0 Å². The van der Waals surface area contributed by atoms with Crippen molar-refractivity contribution in [3.05, 3.63) is 35.9 Å². The number of carbonyl (C=O) groups excluding carboxylic acids is 1. The van der Waals surface area contributed by atoms with Crippen LogP contribution in [-0.2, 0) is 9.36 Å². The Labute approximate surface area is 196 Å². The van der Waals surface area contributed by atoms with Gasteiger partial charge in [-0.05, 0) is 30.5 Å². The average molecular weight is 465 g/mol. The predicted molar refractivity (Wildman–Crippen MR) is 137 cm³/mol. The topological polar surface area (TPSA) is 63.6 Å². The Hall–Kier alpha value is -1.38. The molecule has 0 aliphatic carbocycles. The second-order valence-electron chi connectivity index (χ2n) is 8.81. The maximum Gasteiger partial charge on any atom is 0.311 e. The van der Waals surface area contributed by atoms with E-state index in [1.165, 1.54) is 57.8 Å². The van der Waals surface area contributed by atoms with E-state index in [9.17, 15) is 14.3 Å². The van der Waals surface area contributed by atoms with Gasteiger partial charge in [-0.3, -0.25) is 9.36 Å². The molecule has 1 aromatic carbocycles. The highest BCUT2D eigenvalue weighted by molar-refractivity contribution is 7.58. The predicted octanol–water partition coefficient (Wildman–Crippen LogP) is 8.38. The van der Waals surface area contributed by atoms with Gasteiger partial charge in [-0.25, -0.2) is 0 Å². The fraction of sp³-hybridized carbons (Fsp3) is 0.667. The molecule has 4 nitrogen and oxygen atoms in total. The lowest BCUT2D eigenvalue weighted by atomic mass is 10.1. The molecule has 0 aromatic heterocycles. The number of benzene rings is 1. The summed E-state index contributed by atoms with van der Waals surface area (Å²) >= 11 is 0. The third kappa shape index (κ3) is 15.4. The van der Waals surface area contributed by atoms with E-state index in [1.54, 1.807) is 12.1 Å². The Bertz CT molecular complexity index is 681. The van der Waals surface area contributed by atoms with Crippen LogP contribution in [0.5, 0.6) is 5.75 Å². The summed E-state index contributed by atoms with van der Waals surface area (Å²) in [7, 11) is -3.26. The van der Waals surface area contributed by atoms with Crippen molar-refractivity contribution in [1.82, 2.24) is 0 Å². The van der Waals surface area contributed by atoms with Gasteiger partial charge in [0.25, 0.3) is 0 Å². The van der Waals surface area contributed by atoms with Crippen molar-refractivity contribution in [3.8, 4) is 5.75 Å². The Morgan fingerprint density at radius 3 is 2.00 bits per heavy atom. The monoisotopic (exact) mass is 464 g/mol. The SMILES string of the molecule is CCCCC=Cc1ccc(OC(=O)CCP(=O)(O)CCCCCCCCCCCC)cc1. The van der Waals surface area contributed by atoms with Crippen LogP contribution < -0.4 is 4.74 Å². The van der Waals surface area contributed by atoms with Gasteiger partial charge >= 0.3 is 5.97 Å². The molecule has 0 aliphatic heterocycles. The van der Waals surface area contributed by atoms with Crippen LogP contribution in [0.3, 0.4) is 0 Å². The molecule has 0 bridgehead atoms.